The summed E-state index contributed by atoms with van der Waals surface area (Å²) in [6.45, 7) is 0.569. The lowest BCUT2D eigenvalue weighted by atomic mass is 10.0. The first kappa shape index (κ1) is 24.6. The molecule has 3 unspecified atom stereocenters. The minimum Gasteiger partial charge on any atom is -0.346 e. The molecule has 3 aliphatic heterocycles. The second-order valence-electron chi connectivity index (χ2n) is 8.88. The third kappa shape index (κ3) is 5.16. The molecule has 7 atom stereocenters. The SMILES string of the molecule is Clc1cccc(C2OC[C@@H]3OC(c4cccc(Cl)c4)O[C@H]3[C@@H]([C@H]3COC(c4cccc(Cl)c4)O3)O2)c1. The Bertz CT molecular complexity index is 1230. The summed E-state index contributed by atoms with van der Waals surface area (Å²) in [5.74, 6) is 0. The van der Waals surface area contributed by atoms with E-state index in [2.05, 4.69) is 0 Å². The van der Waals surface area contributed by atoms with Crippen LogP contribution in [-0.2, 0) is 28.4 Å². The molecule has 0 radical (unpaired) electrons. The first-order valence-electron chi connectivity index (χ1n) is 11.6. The fourth-order valence-corrected chi connectivity index (χ4v) is 5.32. The van der Waals surface area contributed by atoms with Gasteiger partial charge in [0.25, 0.3) is 0 Å². The molecule has 188 valence electrons. The summed E-state index contributed by atoms with van der Waals surface area (Å²) in [6, 6.07) is 22.2. The molecular weight excluding hydrogens is 527 g/mol. The van der Waals surface area contributed by atoms with Gasteiger partial charge in [-0.3, -0.25) is 0 Å². The molecule has 6 rings (SSSR count). The van der Waals surface area contributed by atoms with Gasteiger partial charge in [0.15, 0.2) is 18.9 Å². The molecule has 0 aliphatic carbocycles. The Morgan fingerprint density at radius 1 is 0.500 bits per heavy atom. The van der Waals surface area contributed by atoms with Gasteiger partial charge in [0.05, 0.1) is 13.2 Å². The predicted molar refractivity (Wildman–Crippen MR) is 134 cm³/mol. The van der Waals surface area contributed by atoms with E-state index in [1.165, 1.54) is 0 Å². The molecular formula is C27H23Cl3O6. The van der Waals surface area contributed by atoms with Gasteiger partial charge in [-0.05, 0) is 36.4 Å². The smallest absolute Gasteiger partial charge is 0.185 e. The van der Waals surface area contributed by atoms with Crippen LogP contribution in [0.1, 0.15) is 35.6 Å². The summed E-state index contributed by atoms with van der Waals surface area (Å²) in [6.07, 6.45) is -3.70. The average molecular weight is 550 g/mol. The molecule has 36 heavy (non-hydrogen) atoms. The van der Waals surface area contributed by atoms with Crippen molar-refractivity contribution in [3.05, 3.63) is 105 Å². The zero-order chi connectivity index (χ0) is 24.6. The summed E-state index contributed by atoms with van der Waals surface area (Å²) < 4.78 is 37.7. The summed E-state index contributed by atoms with van der Waals surface area (Å²) in [5, 5.41) is 1.81. The molecule has 0 aromatic heterocycles. The molecule has 3 saturated heterocycles. The Balaban J connectivity index is 1.27. The standard InChI is InChI=1S/C27H23Cl3O6/c28-18-7-1-4-15(10-18)25-31-13-21(33-25)23-24-22(34-27(36-24)17-6-3-9-20(30)12-17)14-32-26(35-23)16-5-2-8-19(29)11-16/h1-12,21-27H,13-14H2/t21-,22+,23-,24-,25?,26?,27?/m1/s1. The second kappa shape index (κ2) is 10.6. The van der Waals surface area contributed by atoms with Crippen LogP contribution in [0.25, 0.3) is 0 Å². The Morgan fingerprint density at radius 3 is 1.36 bits per heavy atom. The molecule has 6 nitrogen and oxygen atoms in total. The van der Waals surface area contributed by atoms with E-state index in [0.717, 1.165) is 16.7 Å². The fourth-order valence-electron chi connectivity index (χ4n) is 4.72. The van der Waals surface area contributed by atoms with Gasteiger partial charge in [-0.2, -0.15) is 0 Å². The highest BCUT2D eigenvalue weighted by Gasteiger charge is 2.51. The Kier molecular flexibility index (Phi) is 7.23. The largest absolute Gasteiger partial charge is 0.346 e. The lowest BCUT2D eigenvalue weighted by Crippen LogP contribution is -2.45. The number of fused-ring (bicyclic) bond motifs is 1. The molecule has 3 aromatic rings. The van der Waals surface area contributed by atoms with Gasteiger partial charge in [0.2, 0.25) is 0 Å². The Morgan fingerprint density at radius 2 is 0.889 bits per heavy atom. The maximum atomic E-state index is 6.52. The minimum absolute atomic E-state index is 0.265. The van der Waals surface area contributed by atoms with Crippen molar-refractivity contribution in [2.75, 3.05) is 13.2 Å². The van der Waals surface area contributed by atoms with Crippen LogP contribution < -0.4 is 0 Å². The van der Waals surface area contributed by atoms with Crippen molar-refractivity contribution in [2.45, 2.75) is 43.3 Å². The van der Waals surface area contributed by atoms with Crippen molar-refractivity contribution < 1.29 is 28.4 Å². The minimum atomic E-state index is -0.676. The van der Waals surface area contributed by atoms with Crippen molar-refractivity contribution in [3.63, 3.8) is 0 Å². The third-order valence-electron chi connectivity index (χ3n) is 6.40. The third-order valence-corrected chi connectivity index (χ3v) is 7.11. The lowest BCUT2D eigenvalue weighted by Gasteiger charge is -2.29. The number of hydrogen-bond acceptors (Lipinski definition) is 6. The van der Waals surface area contributed by atoms with E-state index in [1.807, 2.05) is 66.7 Å². The number of benzene rings is 3. The number of ether oxygens (including phenoxy) is 6. The topological polar surface area (TPSA) is 55.4 Å². The molecule has 3 heterocycles. The molecule has 3 aliphatic rings. The highest BCUT2D eigenvalue weighted by Crippen LogP contribution is 2.42. The highest BCUT2D eigenvalue weighted by molar-refractivity contribution is 6.31. The number of rotatable bonds is 4. The normalized spacial score (nSPS) is 32.2. The monoisotopic (exact) mass is 548 g/mol. The van der Waals surface area contributed by atoms with Crippen molar-refractivity contribution in [3.8, 4) is 0 Å². The van der Waals surface area contributed by atoms with Crippen molar-refractivity contribution in [1.29, 1.82) is 0 Å². The molecule has 3 aromatic carbocycles. The van der Waals surface area contributed by atoms with Crippen LogP contribution in [-0.4, -0.2) is 37.6 Å². The van der Waals surface area contributed by atoms with Gasteiger partial charge in [0, 0.05) is 31.8 Å². The van der Waals surface area contributed by atoms with E-state index in [4.69, 9.17) is 63.2 Å². The van der Waals surface area contributed by atoms with Crippen LogP contribution in [0.5, 0.6) is 0 Å². The van der Waals surface area contributed by atoms with Crippen LogP contribution in [0.3, 0.4) is 0 Å². The lowest BCUT2D eigenvalue weighted by molar-refractivity contribution is -0.217. The number of halogens is 3. The second-order valence-corrected chi connectivity index (χ2v) is 10.2. The summed E-state index contributed by atoms with van der Waals surface area (Å²) in [5.41, 5.74) is 2.45. The molecule has 0 saturated carbocycles. The van der Waals surface area contributed by atoms with Crippen LogP contribution in [0.2, 0.25) is 15.1 Å². The maximum absolute atomic E-state index is 6.52. The van der Waals surface area contributed by atoms with E-state index >= 15 is 0 Å². The number of hydrogen-bond donors (Lipinski definition) is 0. The van der Waals surface area contributed by atoms with E-state index in [0.29, 0.717) is 21.7 Å². The molecule has 0 bridgehead atoms. The summed E-state index contributed by atoms with van der Waals surface area (Å²) in [7, 11) is 0. The zero-order valence-corrected chi connectivity index (χ0v) is 21.2. The predicted octanol–water partition coefficient (Wildman–Crippen LogP) is 6.66. The maximum Gasteiger partial charge on any atom is 0.185 e. The van der Waals surface area contributed by atoms with Gasteiger partial charge in [-0.15, -0.1) is 0 Å². The molecule has 0 N–H and O–H groups in total. The van der Waals surface area contributed by atoms with Crippen molar-refractivity contribution >= 4 is 34.8 Å². The summed E-state index contributed by atoms with van der Waals surface area (Å²) >= 11 is 18.6. The van der Waals surface area contributed by atoms with Crippen molar-refractivity contribution in [1.82, 2.24) is 0 Å². The zero-order valence-electron chi connectivity index (χ0n) is 19.0. The van der Waals surface area contributed by atoms with E-state index in [9.17, 15) is 0 Å². The van der Waals surface area contributed by atoms with Gasteiger partial charge in [-0.1, -0.05) is 71.2 Å². The fraction of sp³-hybridized carbons (Fsp3) is 0.333. The molecule has 3 fully saturated rings. The molecule has 0 spiro atoms. The quantitative estimate of drug-likeness (QED) is 0.363. The van der Waals surface area contributed by atoms with Gasteiger partial charge in [-0.25, -0.2) is 0 Å². The van der Waals surface area contributed by atoms with Crippen LogP contribution in [0, 0.1) is 0 Å². The van der Waals surface area contributed by atoms with Gasteiger partial charge >= 0.3 is 0 Å². The van der Waals surface area contributed by atoms with E-state index in [-0.39, 0.29) is 6.61 Å². The Hall–Kier alpha value is -1.71. The highest BCUT2D eigenvalue weighted by atomic mass is 35.5. The van der Waals surface area contributed by atoms with E-state index < -0.39 is 43.3 Å². The molecule has 9 heteroatoms. The van der Waals surface area contributed by atoms with Crippen LogP contribution in [0.15, 0.2) is 72.8 Å². The summed E-state index contributed by atoms with van der Waals surface area (Å²) in [4.78, 5) is 0. The van der Waals surface area contributed by atoms with E-state index in [1.54, 1.807) is 6.07 Å². The van der Waals surface area contributed by atoms with Gasteiger partial charge in [0.1, 0.15) is 24.4 Å². The first-order valence-corrected chi connectivity index (χ1v) is 12.8. The molecule has 0 amide bonds. The average Bonchev–Trinajstić information content (AvgIpc) is 3.49. The van der Waals surface area contributed by atoms with Gasteiger partial charge < -0.3 is 28.4 Å². The van der Waals surface area contributed by atoms with Crippen LogP contribution in [0.4, 0.5) is 0 Å². The van der Waals surface area contributed by atoms with Crippen molar-refractivity contribution in [2.24, 2.45) is 0 Å². The first-order chi connectivity index (χ1) is 17.5. The van der Waals surface area contributed by atoms with Crippen LogP contribution >= 0.6 is 34.8 Å². The Labute approximate surface area is 223 Å².